The van der Waals surface area contributed by atoms with E-state index in [1.807, 2.05) is 12.3 Å². The number of carbonyl (C=O) groups is 1. The van der Waals surface area contributed by atoms with Crippen LogP contribution in [0.3, 0.4) is 0 Å². The largest absolute Gasteiger partial charge is 0.347 e. The molecule has 0 aliphatic heterocycles. The number of rotatable bonds is 7. The molecule has 1 aliphatic carbocycles. The van der Waals surface area contributed by atoms with Crippen LogP contribution in [0, 0.1) is 5.92 Å². The van der Waals surface area contributed by atoms with Crippen LogP contribution in [0.4, 0.5) is 0 Å². The molecular weight excluding hydrogens is 404 g/mol. The number of amides is 1. The Kier molecular flexibility index (Phi) is 5.60. The number of fused-ring (bicyclic) bond motifs is 2. The standard InChI is InChI=1S/C24H24N6O2/c31-22-10-20(29-21-6-1-2-7-30(21)22)24(32)28-15-18-9-19-8-17(13-26-23(19)27-14-18)12-25-11-16-4-3-5-16/h1-2,6-10,13-14,16,25H,3-5,11-12,15H2,(H,28,32). The molecule has 4 aromatic heterocycles. The van der Waals surface area contributed by atoms with Gasteiger partial charge in [0.25, 0.3) is 11.5 Å². The monoisotopic (exact) mass is 428 g/mol. The van der Waals surface area contributed by atoms with Crippen LogP contribution in [0.15, 0.2) is 59.8 Å². The zero-order valence-electron chi connectivity index (χ0n) is 17.6. The molecule has 1 amide bonds. The Labute approximate surface area is 184 Å². The van der Waals surface area contributed by atoms with E-state index >= 15 is 0 Å². The molecule has 0 atom stereocenters. The highest BCUT2D eigenvalue weighted by Crippen LogP contribution is 2.25. The van der Waals surface area contributed by atoms with Crippen molar-refractivity contribution in [2.45, 2.75) is 32.4 Å². The van der Waals surface area contributed by atoms with Gasteiger partial charge < -0.3 is 10.6 Å². The van der Waals surface area contributed by atoms with Crippen molar-refractivity contribution in [3.63, 3.8) is 0 Å². The van der Waals surface area contributed by atoms with Gasteiger partial charge in [-0.25, -0.2) is 15.0 Å². The minimum Gasteiger partial charge on any atom is -0.347 e. The summed E-state index contributed by atoms with van der Waals surface area (Å²) in [6, 6.07) is 10.5. The number of nitrogens with one attached hydrogen (secondary N) is 2. The number of carbonyl (C=O) groups excluding carboxylic acids is 1. The van der Waals surface area contributed by atoms with Crippen LogP contribution in [0.5, 0.6) is 0 Å². The Hall–Kier alpha value is -3.65. The first-order valence-electron chi connectivity index (χ1n) is 10.9. The lowest BCUT2D eigenvalue weighted by Crippen LogP contribution is -2.27. The normalized spacial score (nSPS) is 13.9. The quantitative estimate of drug-likeness (QED) is 0.469. The molecule has 0 spiro atoms. The Balaban J connectivity index is 1.26. The third kappa shape index (κ3) is 4.36. The molecule has 162 valence electrons. The van der Waals surface area contributed by atoms with Crippen molar-refractivity contribution < 1.29 is 4.79 Å². The minimum absolute atomic E-state index is 0.0939. The molecule has 0 aromatic carbocycles. The van der Waals surface area contributed by atoms with Crippen LogP contribution in [-0.2, 0) is 13.1 Å². The minimum atomic E-state index is -0.402. The second-order valence-corrected chi connectivity index (χ2v) is 8.25. The van der Waals surface area contributed by atoms with Gasteiger partial charge in [0, 0.05) is 43.1 Å². The van der Waals surface area contributed by atoms with Gasteiger partial charge in [-0.1, -0.05) is 12.5 Å². The molecule has 8 nitrogen and oxygen atoms in total. The van der Waals surface area contributed by atoms with Gasteiger partial charge in [-0.2, -0.15) is 0 Å². The number of nitrogens with zero attached hydrogens (tertiary/aromatic N) is 4. The van der Waals surface area contributed by atoms with Crippen LogP contribution >= 0.6 is 0 Å². The Morgan fingerprint density at radius 2 is 1.84 bits per heavy atom. The van der Waals surface area contributed by atoms with Crippen molar-refractivity contribution in [2.75, 3.05) is 6.54 Å². The number of hydrogen-bond donors (Lipinski definition) is 2. The average molecular weight is 428 g/mol. The molecule has 0 radical (unpaired) electrons. The lowest BCUT2D eigenvalue weighted by molar-refractivity contribution is 0.0946. The maximum atomic E-state index is 12.6. The first-order chi connectivity index (χ1) is 15.7. The number of pyridine rings is 3. The van der Waals surface area contributed by atoms with Gasteiger partial charge in [-0.3, -0.25) is 14.0 Å². The molecule has 0 unspecified atom stereocenters. The van der Waals surface area contributed by atoms with Gasteiger partial charge in [0.1, 0.15) is 11.3 Å². The zero-order chi connectivity index (χ0) is 21.9. The highest BCUT2D eigenvalue weighted by atomic mass is 16.2. The van der Waals surface area contributed by atoms with E-state index in [1.165, 1.54) is 29.7 Å². The molecule has 5 rings (SSSR count). The summed E-state index contributed by atoms with van der Waals surface area (Å²) in [6.45, 7) is 2.11. The molecule has 1 fully saturated rings. The predicted molar refractivity (Wildman–Crippen MR) is 121 cm³/mol. The van der Waals surface area contributed by atoms with E-state index in [0.717, 1.165) is 35.5 Å². The number of aromatic nitrogens is 4. The van der Waals surface area contributed by atoms with E-state index in [0.29, 0.717) is 11.3 Å². The fourth-order valence-corrected chi connectivity index (χ4v) is 3.87. The maximum Gasteiger partial charge on any atom is 0.270 e. The van der Waals surface area contributed by atoms with E-state index in [4.69, 9.17) is 0 Å². The van der Waals surface area contributed by atoms with Gasteiger partial charge in [0.15, 0.2) is 5.65 Å². The molecule has 0 bridgehead atoms. The van der Waals surface area contributed by atoms with Crippen molar-refractivity contribution in [2.24, 2.45) is 5.92 Å². The van der Waals surface area contributed by atoms with Gasteiger partial charge in [-0.05, 0) is 60.7 Å². The molecule has 32 heavy (non-hydrogen) atoms. The van der Waals surface area contributed by atoms with Crippen LogP contribution < -0.4 is 16.2 Å². The van der Waals surface area contributed by atoms with Crippen LogP contribution in [0.1, 0.15) is 40.9 Å². The summed E-state index contributed by atoms with van der Waals surface area (Å²) in [5, 5.41) is 7.26. The van der Waals surface area contributed by atoms with E-state index in [9.17, 15) is 9.59 Å². The van der Waals surface area contributed by atoms with Crippen LogP contribution in [-0.4, -0.2) is 31.8 Å². The highest BCUT2D eigenvalue weighted by molar-refractivity contribution is 5.92. The van der Waals surface area contributed by atoms with Gasteiger partial charge in [0.05, 0.1) is 0 Å². The van der Waals surface area contributed by atoms with E-state index < -0.39 is 5.91 Å². The van der Waals surface area contributed by atoms with Crippen molar-refractivity contribution in [3.8, 4) is 0 Å². The smallest absolute Gasteiger partial charge is 0.270 e. The fraction of sp³-hybridized carbons (Fsp3) is 0.292. The third-order valence-electron chi connectivity index (χ3n) is 5.89. The highest BCUT2D eigenvalue weighted by Gasteiger charge is 2.16. The summed E-state index contributed by atoms with van der Waals surface area (Å²) in [5.41, 5.74) is 2.87. The van der Waals surface area contributed by atoms with Crippen LogP contribution in [0.2, 0.25) is 0 Å². The van der Waals surface area contributed by atoms with Gasteiger partial charge in [0.2, 0.25) is 0 Å². The summed E-state index contributed by atoms with van der Waals surface area (Å²) >= 11 is 0. The first-order valence-corrected chi connectivity index (χ1v) is 10.9. The maximum absolute atomic E-state index is 12.6. The van der Waals surface area contributed by atoms with E-state index in [1.54, 1.807) is 30.6 Å². The summed E-state index contributed by atoms with van der Waals surface area (Å²) in [5.74, 6) is 0.411. The summed E-state index contributed by atoms with van der Waals surface area (Å²) in [7, 11) is 0. The SMILES string of the molecule is O=C(NCc1cnc2ncc(CNCC3CCC3)cc2c1)c1cc(=O)n2ccccc2n1. The van der Waals surface area contributed by atoms with E-state index in [-0.39, 0.29) is 17.8 Å². The third-order valence-corrected chi connectivity index (χ3v) is 5.89. The lowest BCUT2D eigenvalue weighted by Gasteiger charge is -2.25. The second kappa shape index (κ2) is 8.84. The second-order valence-electron chi connectivity index (χ2n) is 8.25. The molecule has 4 heterocycles. The van der Waals surface area contributed by atoms with Gasteiger partial charge in [-0.15, -0.1) is 0 Å². The molecular formula is C24H24N6O2. The lowest BCUT2D eigenvalue weighted by atomic mass is 9.85. The molecule has 1 aliphatic rings. The Morgan fingerprint density at radius 3 is 2.59 bits per heavy atom. The Bertz CT molecular complexity index is 1350. The Morgan fingerprint density at radius 1 is 1.06 bits per heavy atom. The molecule has 0 saturated heterocycles. The average Bonchev–Trinajstić information content (AvgIpc) is 2.78. The van der Waals surface area contributed by atoms with Crippen molar-refractivity contribution in [3.05, 3.63) is 82.2 Å². The number of hydrogen-bond acceptors (Lipinski definition) is 6. The summed E-state index contributed by atoms with van der Waals surface area (Å²) in [6.07, 6.45) is 9.18. The molecule has 1 saturated carbocycles. The first kappa shape index (κ1) is 20.3. The topological polar surface area (TPSA) is 101 Å². The molecule has 2 N–H and O–H groups in total. The molecule has 8 heteroatoms. The predicted octanol–water partition coefficient (Wildman–Crippen LogP) is 2.46. The fourth-order valence-electron chi connectivity index (χ4n) is 3.87. The zero-order valence-corrected chi connectivity index (χ0v) is 17.6. The van der Waals surface area contributed by atoms with Crippen molar-refractivity contribution in [1.82, 2.24) is 30.0 Å². The summed E-state index contributed by atoms with van der Waals surface area (Å²) < 4.78 is 1.40. The van der Waals surface area contributed by atoms with Crippen molar-refractivity contribution >= 4 is 22.6 Å². The molecule has 4 aromatic rings. The summed E-state index contributed by atoms with van der Waals surface area (Å²) in [4.78, 5) is 37.9. The van der Waals surface area contributed by atoms with Crippen LogP contribution in [0.25, 0.3) is 16.7 Å². The van der Waals surface area contributed by atoms with E-state index in [2.05, 4.69) is 31.7 Å². The van der Waals surface area contributed by atoms with Gasteiger partial charge >= 0.3 is 0 Å². The van der Waals surface area contributed by atoms with Crippen molar-refractivity contribution in [1.29, 1.82) is 0 Å².